The number of ether oxygens (including phenoxy) is 2. The molecule has 4 aromatic rings. The van der Waals surface area contributed by atoms with Crippen LogP contribution in [-0.2, 0) is 13.1 Å². The number of methoxy groups -OCH3 is 2. The molecule has 0 aliphatic carbocycles. The van der Waals surface area contributed by atoms with E-state index in [0.29, 0.717) is 23.9 Å². The van der Waals surface area contributed by atoms with Crippen molar-refractivity contribution in [3.63, 3.8) is 0 Å². The Morgan fingerprint density at radius 1 is 0.970 bits per heavy atom. The van der Waals surface area contributed by atoms with Gasteiger partial charge in [0.2, 0.25) is 5.89 Å². The van der Waals surface area contributed by atoms with Crippen LogP contribution in [0.3, 0.4) is 0 Å². The fourth-order valence-electron chi connectivity index (χ4n) is 4.05. The first-order chi connectivity index (χ1) is 15.9. The van der Waals surface area contributed by atoms with Crippen molar-refractivity contribution in [1.29, 1.82) is 0 Å². The molecule has 172 valence electrons. The summed E-state index contributed by atoms with van der Waals surface area (Å²) in [5.74, 6) is 2.57. The van der Waals surface area contributed by atoms with Crippen LogP contribution < -0.4 is 9.47 Å². The molecule has 0 spiro atoms. The van der Waals surface area contributed by atoms with Gasteiger partial charge >= 0.3 is 0 Å². The number of aryl methyl sites for hydroxylation is 3. The van der Waals surface area contributed by atoms with Crippen LogP contribution in [0.2, 0.25) is 0 Å². The molecule has 0 saturated heterocycles. The molecule has 0 saturated carbocycles. The smallest absolute Gasteiger partial charge is 0.230 e. The van der Waals surface area contributed by atoms with E-state index in [1.165, 1.54) is 5.56 Å². The molecule has 0 aliphatic heterocycles. The first kappa shape index (κ1) is 22.6. The molecule has 4 rings (SSSR count). The van der Waals surface area contributed by atoms with Crippen molar-refractivity contribution in [2.24, 2.45) is 0 Å². The van der Waals surface area contributed by atoms with E-state index in [0.717, 1.165) is 40.6 Å². The van der Waals surface area contributed by atoms with Crippen LogP contribution in [0.4, 0.5) is 0 Å². The van der Waals surface area contributed by atoms with Crippen LogP contribution in [0, 0.1) is 20.8 Å². The van der Waals surface area contributed by atoms with Gasteiger partial charge in [0.1, 0.15) is 5.76 Å². The van der Waals surface area contributed by atoms with Gasteiger partial charge in [-0.1, -0.05) is 18.2 Å². The summed E-state index contributed by atoms with van der Waals surface area (Å²) in [7, 11) is 5.31. The van der Waals surface area contributed by atoms with E-state index in [1.807, 2.05) is 36.7 Å². The van der Waals surface area contributed by atoms with Gasteiger partial charge in [-0.25, -0.2) is 9.67 Å². The van der Waals surface area contributed by atoms with E-state index in [1.54, 1.807) is 14.2 Å². The molecule has 2 aromatic heterocycles. The summed E-state index contributed by atoms with van der Waals surface area (Å²) in [6.07, 6.45) is 0. The molecule has 0 bridgehead atoms. The summed E-state index contributed by atoms with van der Waals surface area (Å²) in [5.41, 5.74) is 6.07. The molecule has 7 nitrogen and oxygen atoms in total. The van der Waals surface area contributed by atoms with Crippen LogP contribution in [-0.4, -0.2) is 40.9 Å². The Bertz CT molecular complexity index is 1260. The van der Waals surface area contributed by atoms with Crippen LogP contribution >= 0.6 is 0 Å². The van der Waals surface area contributed by atoms with Gasteiger partial charge in [0.25, 0.3) is 0 Å². The molecule has 2 heterocycles. The topological polar surface area (TPSA) is 65.5 Å². The molecule has 33 heavy (non-hydrogen) atoms. The first-order valence-electron chi connectivity index (χ1n) is 10.9. The molecule has 0 atom stereocenters. The average molecular weight is 447 g/mol. The summed E-state index contributed by atoms with van der Waals surface area (Å²) < 4.78 is 18.9. The van der Waals surface area contributed by atoms with E-state index in [4.69, 9.17) is 18.9 Å². The highest BCUT2D eigenvalue weighted by Gasteiger charge is 2.19. The largest absolute Gasteiger partial charge is 0.493 e. The van der Waals surface area contributed by atoms with Gasteiger partial charge in [0.05, 0.1) is 36.9 Å². The number of oxazole rings is 1. The van der Waals surface area contributed by atoms with Gasteiger partial charge < -0.3 is 13.9 Å². The first-order valence-corrected chi connectivity index (χ1v) is 10.9. The molecule has 0 aliphatic rings. The van der Waals surface area contributed by atoms with Gasteiger partial charge in [-0.05, 0) is 63.7 Å². The van der Waals surface area contributed by atoms with Crippen molar-refractivity contribution in [2.75, 3.05) is 21.3 Å². The highest BCUT2D eigenvalue weighted by atomic mass is 16.5. The molecule has 2 aromatic carbocycles. The molecular weight excluding hydrogens is 416 g/mol. The van der Waals surface area contributed by atoms with E-state index in [9.17, 15) is 0 Å². The lowest BCUT2D eigenvalue weighted by Gasteiger charge is -2.16. The number of aromatic nitrogens is 3. The highest BCUT2D eigenvalue weighted by molar-refractivity contribution is 5.68. The second-order valence-corrected chi connectivity index (χ2v) is 8.24. The maximum Gasteiger partial charge on any atom is 0.230 e. The lowest BCUT2D eigenvalue weighted by molar-refractivity contribution is 0.313. The summed E-state index contributed by atoms with van der Waals surface area (Å²) in [6, 6.07) is 16.2. The number of hydrogen-bond donors (Lipinski definition) is 0. The molecule has 0 fully saturated rings. The van der Waals surface area contributed by atoms with Crippen molar-refractivity contribution in [3.05, 3.63) is 76.9 Å². The van der Waals surface area contributed by atoms with Crippen LogP contribution in [0.25, 0.3) is 17.1 Å². The van der Waals surface area contributed by atoms with E-state index < -0.39 is 0 Å². The predicted molar refractivity (Wildman–Crippen MR) is 128 cm³/mol. The minimum Gasteiger partial charge on any atom is -0.493 e. The lowest BCUT2D eigenvalue weighted by Crippen LogP contribution is -2.18. The molecule has 0 unspecified atom stereocenters. The fourth-order valence-corrected chi connectivity index (χ4v) is 4.05. The normalized spacial score (nSPS) is 11.2. The van der Waals surface area contributed by atoms with Crippen molar-refractivity contribution < 1.29 is 13.9 Å². The number of nitrogens with zero attached hydrogens (tertiary/aromatic N) is 4. The monoisotopic (exact) mass is 446 g/mol. The third-order valence-electron chi connectivity index (χ3n) is 5.56. The number of rotatable bonds is 8. The third kappa shape index (κ3) is 4.78. The standard InChI is InChI=1S/C26H30N4O3/c1-17-13-18(2)30(28-17)21-10-7-9-20(14-21)15-29(4)16-23-19(3)33-26(27-23)22-11-8-12-24(31-5)25(22)32-6/h7-14H,15-16H2,1-6H3. The summed E-state index contributed by atoms with van der Waals surface area (Å²) >= 11 is 0. The van der Waals surface area contributed by atoms with Gasteiger partial charge in [-0.3, -0.25) is 4.90 Å². The third-order valence-corrected chi connectivity index (χ3v) is 5.56. The van der Waals surface area contributed by atoms with E-state index in [-0.39, 0.29) is 0 Å². The van der Waals surface area contributed by atoms with Crippen molar-refractivity contribution in [3.8, 4) is 28.6 Å². The molecule has 0 amide bonds. The summed E-state index contributed by atoms with van der Waals surface area (Å²) in [4.78, 5) is 6.99. The van der Waals surface area contributed by atoms with Crippen molar-refractivity contribution in [1.82, 2.24) is 19.7 Å². The SMILES string of the molecule is COc1cccc(-c2nc(CN(C)Cc3cccc(-n4nc(C)cc4C)c3)c(C)o2)c1OC. The lowest BCUT2D eigenvalue weighted by atomic mass is 10.2. The second-order valence-electron chi connectivity index (χ2n) is 8.24. The van der Waals surface area contributed by atoms with Crippen LogP contribution in [0.5, 0.6) is 11.5 Å². The van der Waals surface area contributed by atoms with Gasteiger partial charge in [0.15, 0.2) is 11.5 Å². The predicted octanol–water partition coefficient (Wildman–Crippen LogP) is 5.10. The minimum absolute atomic E-state index is 0.526. The Morgan fingerprint density at radius 2 is 1.76 bits per heavy atom. The van der Waals surface area contributed by atoms with Crippen molar-refractivity contribution in [2.45, 2.75) is 33.9 Å². The quantitative estimate of drug-likeness (QED) is 0.375. The Balaban J connectivity index is 1.52. The van der Waals surface area contributed by atoms with Gasteiger partial charge in [0, 0.05) is 18.8 Å². The van der Waals surface area contributed by atoms with E-state index >= 15 is 0 Å². The Kier molecular flexibility index (Phi) is 6.51. The number of para-hydroxylation sites is 1. The van der Waals surface area contributed by atoms with Crippen LogP contribution in [0.15, 0.2) is 52.9 Å². The van der Waals surface area contributed by atoms with Crippen molar-refractivity contribution >= 4 is 0 Å². The Morgan fingerprint density at radius 3 is 2.45 bits per heavy atom. The maximum absolute atomic E-state index is 6.00. The highest BCUT2D eigenvalue weighted by Crippen LogP contribution is 2.38. The Labute approximate surface area is 194 Å². The van der Waals surface area contributed by atoms with Gasteiger partial charge in [-0.15, -0.1) is 0 Å². The molecule has 0 radical (unpaired) electrons. The summed E-state index contributed by atoms with van der Waals surface area (Å²) in [5, 5.41) is 4.60. The maximum atomic E-state index is 6.00. The number of benzene rings is 2. The second kappa shape index (κ2) is 9.50. The molecule has 0 N–H and O–H groups in total. The molecule has 7 heteroatoms. The van der Waals surface area contributed by atoms with Gasteiger partial charge in [-0.2, -0.15) is 5.10 Å². The summed E-state index contributed by atoms with van der Waals surface area (Å²) in [6.45, 7) is 7.45. The minimum atomic E-state index is 0.526. The van der Waals surface area contributed by atoms with E-state index in [2.05, 4.69) is 54.3 Å². The zero-order valence-electron chi connectivity index (χ0n) is 20.0. The Hall–Kier alpha value is -3.58. The fraction of sp³-hybridized carbons (Fsp3) is 0.308. The van der Waals surface area contributed by atoms with Crippen LogP contribution in [0.1, 0.15) is 28.4 Å². The number of hydrogen-bond acceptors (Lipinski definition) is 6. The average Bonchev–Trinajstić information content (AvgIpc) is 3.33. The molecular formula is C26H30N4O3. The zero-order valence-corrected chi connectivity index (χ0v) is 20.0. The zero-order chi connectivity index (χ0) is 23.5.